The van der Waals surface area contributed by atoms with Crippen LogP contribution in [0.2, 0.25) is 0 Å². The van der Waals surface area contributed by atoms with Gasteiger partial charge < -0.3 is 10.5 Å². The van der Waals surface area contributed by atoms with E-state index < -0.39 is 0 Å². The Morgan fingerprint density at radius 2 is 2.05 bits per heavy atom. The van der Waals surface area contributed by atoms with E-state index in [1.54, 1.807) is 0 Å². The molecule has 3 rings (SSSR count). The first-order valence-electron chi connectivity index (χ1n) is 6.77. The number of thiazole rings is 1. The molecule has 1 heterocycles. The van der Waals surface area contributed by atoms with Gasteiger partial charge in [-0.2, -0.15) is 0 Å². The number of nitrogens with two attached hydrogens (primary N) is 1. The van der Waals surface area contributed by atoms with E-state index >= 15 is 0 Å². The van der Waals surface area contributed by atoms with Crippen LogP contribution in [0.5, 0.6) is 5.75 Å². The highest BCUT2D eigenvalue weighted by Gasteiger charge is 2.14. The second-order valence-electron chi connectivity index (χ2n) is 4.82. The van der Waals surface area contributed by atoms with Gasteiger partial charge in [-0.05, 0) is 37.8 Å². The van der Waals surface area contributed by atoms with Gasteiger partial charge in [-0.1, -0.05) is 12.1 Å². The summed E-state index contributed by atoms with van der Waals surface area (Å²) in [6, 6.07) is 7.62. The van der Waals surface area contributed by atoms with Crippen LogP contribution >= 0.6 is 11.3 Å². The first kappa shape index (κ1) is 12.5. The van der Waals surface area contributed by atoms with Crippen LogP contribution < -0.4 is 10.5 Å². The van der Waals surface area contributed by atoms with E-state index in [0.29, 0.717) is 12.3 Å². The Balaban J connectivity index is 1.58. The number of aromatic nitrogens is 1. The number of rotatable bonds is 4. The summed E-state index contributed by atoms with van der Waals surface area (Å²) in [5.41, 5.74) is 7.86. The average Bonchev–Trinajstić information content (AvgIpc) is 2.83. The molecule has 0 saturated heterocycles. The summed E-state index contributed by atoms with van der Waals surface area (Å²) in [5, 5.41) is 1.20. The summed E-state index contributed by atoms with van der Waals surface area (Å²) >= 11 is 1.85. The minimum absolute atomic E-state index is 0.639. The fourth-order valence-electron chi connectivity index (χ4n) is 2.37. The molecule has 1 aliphatic rings. The molecular formula is C15H18N2OS. The number of nitrogens with zero attached hydrogens (tertiary/aromatic N) is 1. The molecule has 0 bridgehead atoms. The molecule has 1 aromatic heterocycles. The monoisotopic (exact) mass is 274 g/mol. The van der Waals surface area contributed by atoms with E-state index in [0.717, 1.165) is 18.6 Å². The minimum Gasteiger partial charge on any atom is -0.491 e. The smallest absolute Gasteiger partial charge is 0.142 e. The van der Waals surface area contributed by atoms with Gasteiger partial charge in [0.05, 0.1) is 23.0 Å². The van der Waals surface area contributed by atoms with Gasteiger partial charge in [0.15, 0.2) is 0 Å². The van der Waals surface area contributed by atoms with E-state index in [1.807, 2.05) is 35.6 Å². The lowest BCUT2D eigenvalue weighted by atomic mass is 10.0. The van der Waals surface area contributed by atoms with E-state index in [2.05, 4.69) is 0 Å². The van der Waals surface area contributed by atoms with Crippen LogP contribution in [-0.2, 0) is 19.3 Å². The van der Waals surface area contributed by atoms with Crippen LogP contribution in [0.3, 0.4) is 0 Å². The molecule has 2 aromatic rings. The summed E-state index contributed by atoms with van der Waals surface area (Å²) in [7, 11) is 0. The number of para-hydroxylation sites is 2. The highest BCUT2D eigenvalue weighted by molar-refractivity contribution is 7.11. The van der Waals surface area contributed by atoms with Crippen LogP contribution in [0.25, 0.3) is 0 Å². The average molecular weight is 274 g/mol. The van der Waals surface area contributed by atoms with Crippen molar-refractivity contribution in [3.8, 4) is 5.75 Å². The third-order valence-corrected chi connectivity index (χ3v) is 4.60. The van der Waals surface area contributed by atoms with Crippen LogP contribution in [0, 0.1) is 0 Å². The molecule has 100 valence electrons. The second-order valence-corrected chi connectivity index (χ2v) is 5.99. The number of fused-ring (bicyclic) bond motifs is 1. The molecule has 1 aliphatic carbocycles. The van der Waals surface area contributed by atoms with Crippen molar-refractivity contribution in [2.75, 3.05) is 12.3 Å². The predicted octanol–water partition coefficient (Wildman–Crippen LogP) is 3.23. The van der Waals surface area contributed by atoms with Crippen molar-refractivity contribution in [3.63, 3.8) is 0 Å². The van der Waals surface area contributed by atoms with E-state index in [4.69, 9.17) is 15.5 Å². The van der Waals surface area contributed by atoms with Crippen molar-refractivity contribution in [2.24, 2.45) is 0 Å². The zero-order chi connectivity index (χ0) is 13.1. The molecule has 0 fully saturated rings. The highest BCUT2D eigenvalue weighted by atomic mass is 32.1. The van der Waals surface area contributed by atoms with Gasteiger partial charge in [0.2, 0.25) is 0 Å². The molecule has 19 heavy (non-hydrogen) atoms. The Morgan fingerprint density at radius 3 is 2.89 bits per heavy atom. The highest BCUT2D eigenvalue weighted by Crippen LogP contribution is 2.27. The van der Waals surface area contributed by atoms with E-state index in [1.165, 1.54) is 34.8 Å². The van der Waals surface area contributed by atoms with Gasteiger partial charge in [-0.15, -0.1) is 11.3 Å². The van der Waals surface area contributed by atoms with Gasteiger partial charge >= 0.3 is 0 Å². The maximum atomic E-state index is 5.84. The summed E-state index contributed by atoms with van der Waals surface area (Å²) in [4.78, 5) is 6.20. The molecule has 2 N–H and O–H groups in total. The zero-order valence-corrected chi connectivity index (χ0v) is 11.7. The lowest BCUT2D eigenvalue weighted by molar-refractivity contribution is 0.323. The normalized spacial score (nSPS) is 14.1. The van der Waals surface area contributed by atoms with E-state index in [-0.39, 0.29) is 0 Å². The molecule has 0 amide bonds. The number of ether oxygens (including phenoxy) is 1. The summed E-state index contributed by atoms with van der Waals surface area (Å²) in [5.74, 6) is 0.767. The molecule has 3 nitrogen and oxygen atoms in total. The lowest BCUT2D eigenvalue weighted by Gasteiger charge is -2.07. The fraction of sp³-hybridized carbons (Fsp3) is 0.400. The lowest BCUT2D eigenvalue weighted by Crippen LogP contribution is -2.03. The van der Waals surface area contributed by atoms with Gasteiger partial charge in [-0.3, -0.25) is 0 Å². The Hall–Kier alpha value is -1.55. The van der Waals surface area contributed by atoms with Crippen LogP contribution in [0.1, 0.15) is 28.4 Å². The number of aryl methyl sites for hydroxylation is 2. The Labute approximate surface area is 117 Å². The van der Waals surface area contributed by atoms with Crippen LogP contribution in [-0.4, -0.2) is 11.6 Å². The summed E-state index contributed by atoms with van der Waals surface area (Å²) < 4.78 is 5.71. The van der Waals surface area contributed by atoms with Crippen molar-refractivity contribution < 1.29 is 4.74 Å². The van der Waals surface area contributed by atoms with Crippen molar-refractivity contribution in [1.29, 1.82) is 0 Å². The molecule has 0 aliphatic heterocycles. The second kappa shape index (κ2) is 5.61. The maximum absolute atomic E-state index is 5.84. The molecule has 4 heteroatoms. The number of hydrogen-bond donors (Lipinski definition) is 1. The Morgan fingerprint density at radius 1 is 1.21 bits per heavy atom. The van der Waals surface area contributed by atoms with Crippen LogP contribution in [0.15, 0.2) is 24.3 Å². The topological polar surface area (TPSA) is 48.1 Å². The van der Waals surface area contributed by atoms with Gasteiger partial charge in [0.1, 0.15) is 5.75 Å². The quantitative estimate of drug-likeness (QED) is 0.871. The van der Waals surface area contributed by atoms with Crippen molar-refractivity contribution in [1.82, 2.24) is 4.98 Å². The number of benzene rings is 1. The van der Waals surface area contributed by atoms with Gasteiger partial charge in [0.25, 0.3) is 0 Å². The third kappa shape index (κ3) is 2.89. The first-order chi connectivity index (χ1) is 9.33. The van der Waals surface area contributed by atoms with Crippen molar-refractivity contribution >= 4 is 17.0 Å². The molecule has 0 saturated carbocycles. The standard InChI is InChI=1S/C15H18N2OS/c16-11-5-1-3-7-13(11)18-10-9-15-17-12-6-2-4-8-14(12)19-15/h1,3,5,7H,2,4,6,8-10,16H2. The SMILES string of the molecule is Nc1ccccc1OCCc1nc2c(s1)CCCC2. The summed E-state index contributed by atoms with van der Waals surface area (Å²) in [6.45, 7) is 0.639. The number of hydrogen-bond acceptors (Lipinski definition) is 4. The van der Waals surface area contributed by atoms with Crippen LogP contribution in [0.4, 0.5) is 5.69 Å². The molecule has 1 aromatic carbocycles. The number of nitrogen functional groups attached to an aromatic ring is 1. The molecular weight excluding hydrogens is 256 g/mol. The Bertz CT molecular complexity index is 542. The maximum Gasteiger partial charge on any atom is 0.142 e. The first-order valence-corrected chi connectivity index (χ1v) is 7.59. The molecule has 0 unspecified atom stereocenters. The van der Waals surface area contributed by atoms with Crippen molar-refractivity contribution in [2.45, 2.75) is 32.1 Å². The molecule has 0 spiro atoms. The Kier molecular flexibility index (Phi) is 3.69. The minimum atomic E-state index is 0.639. The third-order valence-electron chi connectivity index (χ3n) is 3.38. The fourth-order valence-corrected chi connectivity index (χ4v) is 3.51. The van der Waals surface area contributed by atoms with Gasteiger partial charge in [0, 0.05) is 11.3 Å². The predicted molar refractivity (Wildman–Crippen MR) is 78.8 cm³/mol. The largest absolute Gasteiger partial charge is 0.491 e. The van der Waals surface area contributed by atoms with E-state index in [9.17, 15) is 0 Å². The summed E-state index contributed by atoms with van der Waals surface area (Å²) in [6.07, 6.45) is 5.82. The molecule has 0 atom stereocenters. The zero-order valence-electron chi connectivity index (χ0n) is 10.9. The van der Waals surface area contributed by atoms with Crippen molar-refractivity contribution in [3.05, 3.63) is 39.8 Å². The van der Waals surface area contributed by atoms with Gasteiger partial charge in [-0.25, -0.2) is 4.98 Å². The molecule has 0 radical (unpaired) electrons. The number of anilines is 1.